The zero-order valence-corrected chi connectivity index (χ0v) is 10.4. The summed E-state index contributed by atoms with van der Waals surface area (Å²) < 4.78 is 0. The standard InChI is InChI=1S/C12H22O.CH3B/c1-2-7-12(10-6-11-13)8-4-3-5-9-12;1-2/h11H,2-10H2,1H3;1H3. The average Bonchev–Trinajstić information content (AvgIpc) is 2.31. The number of rotatable bonds is 5. The summed E-state index contributed by atoms with van der Waals surface area (Å²) >= 11 is 0. The van der Waals surface area contributed by atoms with Crippen LogP contribution in [0.15, 0.2) is 0 Å². The van der Waals surface area contributed by atoms with Crippen LogP contribution in [0.2, 0.25) is 6.82 Å². The molecule has 0 amide bonds. The van der Waals surface area contributed by atoms with Crippen molar-refractivity contribution in [2.45, 2.75) is 71.5 Å². The summed E-state index contributed by atoms with van der Waals surface area (Å²) in [6.45, 7) is 3.76. The number of carbonyl (C=O) groups is 1. The molecule has 0 heterocycles. The van der Waals surface area contributed by atoms with Gasteiger partial charge in [-0.05, 0) is 31.1 Å². The minimum absolute atomic E-state index is 0.550. The van der Waals surface area contributed by atoms with E-state index in [1.54, 1.807) is 0 Å². The van der Waals surface area contributed by atoms with Crippen molar-refractivity contribution in [3.8, 4) is 0 Å². The Hall–Kier alpha value is -0.265. The van der Waals surface area contributed by atoms with E-state index in [9.17, 15) is 4.79 Å². The van der Waals surface area contributed by atoms with Gasteiger partial charge < -0.3 is 4.79 Å². The molecule has 2 heteroatoms. The molecule has 0 saturated heterocycles. The van der Waals surface area contributed by atoms with Gasteiger partial charge in [0.25, 0.3) is 0 Å². The second kappa shape index (κ2) is 9.00. The maximum Gasteiger partial charge on any atom is 0.120 e. The molecule has 1 rings (SSSR count). The SMILES string of the molecule is CCCC1(CCC=O)CCCCC1.[B]C. The number of carbonyl (C=O) groups excluding carboxylic acids is 1. The Morgan fingerprint density at radius 3 is 2.20 bits per heavy atom. The van der Waals surface area contributed by atoms with E-state index < -0.39 is 0 Å². The lowest BCUT2D eigenvalue weighted by atomic mass is 9.69. The fourth-order valence-corrected chi connectivity index (χ4v) is 2.82. The molecule has 0 aromatic carbocycles. The first kappa shape index (κ1) is 14.7. The van der Waals surface area contributed by atoms with Gasteiger partial charge in [0.05, 0.1) is 7.85 Å². The first-order valence-electron chi connectivity index (χ1n) is 6.34. The predicted octanol–water partition coefficient (Wildman–Crippen LogP) is 3.92. The topological polar surface area (TPSA) is 17.1 Å². The van der Waals surface area contributed by atoms with Crippen LogP contribution in [-0.2, 0) is 4.79 Å². The van der Waals surface area contributed by atoms with E-state index >= 15 is 0 Å². The maximum atomic E-state index is 10.4. The highest BCUT2D eigenvalue weighted by Gasteiger charge is 2.30. The molecule has 0 aromatic rings. The van der Waals surface area contributed by atoms with Crippen LogP contribution in [0.1, 0.15) is 64.7 Å². The van der Waals surface area contributed by atoms with E-state index in [2.05, 4.69) is 14.8 Å². The maximum absolute atomic E-state index is 10.4. The molecule has 0 unspecified atom stereocenters. The van der Waals surface area contributed by atoms with Crippen molar-refractivity contribution in [2.75, 3.05) is 0 Å². The van der Waals surface area contributed by atoms with E-state index in [4.69, 9.17) is 0 Å². The number of aldehydes is 1. The van der Waals surface area contributed by atoms with Gasteiger partial charge in [0.1, 0.15) is 6.29 Å². The first-order valence-corrected chi connectivity index (χ1v) is 6.34. The Balaban J connectivity index is 0.000000921. The normalized spacial score (nSPS) is 18.8. The monoisotopic (exact) mass is 208 g/mol. The highest BCUT2D eigenvalue weighted by Crippen LogP contribution is 2.43. The zero-order chi connectivity index (χ0) is 11.6. The van der Waals surface area contributed by atoms with Crippen LogP contribution in [0.25, 0.3) is 0 Å². The molecule has 0 aliphatic heterocycles. The smallest absolute Gasteiger partial charge is 0.120 e. The van der Waals surface area contributed by atoms with Crippen LogP contribution in [0.5, 0.6) is 0 Å². The number of hydrogen-bond acceptors (Lipinski definition) is 1. The van der Waals surface area contributed by atoms with Crippen LogP contribution in [0, 0.1) is 5.41 Å². The Bertz CT molecular complexity index is 145. The second-order valence-corrected chi connectivity index (χ2v) is 4.52. The van der Waals surface area contributed by atoms with Crippen molar-refractivity contribution in [3.63, 3.8) is 0 Å². The molecule has 1 nitrogen and oxygen atoms in total. The van der Waals surface area contributed by atoms with E-state index in [0.717, 1.165) is 19.1 Å². The largest absolute Gasteiger partial charge is 0.303 e. The molecule has 0 aromatic heterocycles. The minimum atomic E-state index is 0.550. The van der Waals surface area contributed by atoms with Crippen molar-refractivity contribution in [3.05, 3.63) is 0 Å². The third-order valence-corrected chi connectivity index (χ3v) is 3.49. The molecule has 0 N–H and O–H groups in total. The molecule has 0 spiro atoms. The molecule has 0 atom stereocenters. The molecule has 15 heavy (non-hydrogen) atoms. The van der Waals surface area contributed by atoms with Gasteiger partial charge in [0.2, 0.25) is 0 Å². The summed E-state index contributed by atoms with van der Waals surface area (Å²) in [5.74, 6) is 0. The quantitative estimate of drug-likeness (QED) is 0.494. The van der Waals surface area contributed by atoms with Gasteiger partial charge in [-0.2, -0.15) is 0 Å². The van der Waals surface area contributed by atoms with Crippen molar-refractivity contribution in [1.82, 2.24) is 0 Å². The van der Waals surface area contributed by atoms with Crippen molar-refractivity contribution in [2.24, 2.45) is 5.41 Å². The van der Waals surface area contributed by atoms with E-state index in [0.29, 0.717) is 5.41 Å². The number of hydrogen-bond donors (Lipinski definition) is 0. The van der Waals surface area contributed by atoms with Crippen molar-refractivity contribution >= 4 is 14.1 Å². The first-order chi connectivity index (χ1) is 7.33. The summed E-state index contributed by atoms with van der Waals surface area (Å²) in [5.41, 5.74) is 0.550. The van der Waals surface area contributed by atoms with Crippen LogP contribution >= 0.6 is 0 Å². The van der Waals surface area contributed by atoms with Crippen LogP contribution in [-0.4, -0.2) is 14.1 Å². The Morgan fingerprint density at radius 1 is 1.13 bits per heavy atom. The Kier molecular flexibility index (Phi) is 8.84. The summed E-state index contributed by atoms with van der Waals surface area (Å²) in [6.07, 6.45) is 12.5. The van der Waals surface area contributed by atoms with E-state index in [-0.39, 0.29) is 0 Å². The average molecular weight is 208 g/mol. The molecule has 1 aliphatic carbocycles. The molecule has 1 fully saturated rings. The Labute approximate surface area is 96.4 Å². The minimum Gasteiger partial charge on any atom is -0.303 e. The fourth-order valence-electron chi connectivity index (χ4n) is 2.82. The molecule has 86 valence electrons. The summed E-state index contributed by atoms with van der Waals surface area (Å²) in [6, 6.07) is 0. The lowest BCUT2D eigenvalue weighted by Gasteiger charge is -2.37. The van der Waals surface area contributed by atoms with Gasteiger partial charge in [-0.1, -0.05) is 39.4 Å². The summed E-state index contributed by atoms with van der Waals surface area (Å²) in [4.78, 5) is 10.4. The van der Waals surface area contributed by atoms with Gasteiger partial charge in [0, 0.05) is 6.42 Å². The van der Waals surface area contributed by atoms with E-state index in [1.807, 2.05) is 0 Å². The zero-order valence-electron chi connectivity index (χ0n) is 10.4. The second-order valence-electron chi connectivity index (χ2n) is 4.52. The highest BCUT2D eigenvalue weighted by molar-refractivity contribution is 6.05. The molecule has 1 aliphatic rings. The molecular formula is C13H25BO. The van der Waals surface area contributed by atoms with Gasteiger partial charge in [0.15, 0.2) is 0 Å². The van der Waals surface area contributed by atoms with Crippen LogP contribution in [0.3, 0.4) is 0 Å². The Morgan fingerprint density at radius 2 is 1.73 bits per heavy atom. The summed E-state index contributed by atoms with van der Waals surface area (Å²) in [7, 11) is 4.50. The van der Waals surface area contributed by atoms with Gasteiger partial charge >= 0.3 is 0 Å². The van der Waals surface area contributed by atoms with Gasteiger partial charge in [-0.15, -0.1) is 0 Å². The van der Waals surface area contributed by atoms with Crippen molar-refractivity contribution in [1.29, 1.82) is 0 Å². The van der Waals surface area contributed by atoms with Crippen molar-refractivity contribution < 1.29 is 4.79 Å². The molecule has 2 radical (unpaired) electrons. The van der Waals surface area contributed by atoms with E-state index in [1.165, 1.54) is 51.8 Å². The lowest BCUT2D eigenvalue weighted by molar-refractivity contribution is -0.108. The fraction of sp³-hybridized carbons (Fsp3) is 0.923. The van der Waals surface area contributed by atoms with Crippen LogP contribution in [0.4, 0.5) is 0 Å². The van der Waals surface area contributed by atoms with Gasteiger partial charge in [-0.3, -0.25) is 0 Å². The van der Waals surface area contributed by atoms with Crippen LogP contribution < -0.4 is 0 Å². The summed E-state index contributed by atoms with van der Waals surface area (Å²) in [5, 5.41) is 0. The molecule has 0 bridgehead atoms. The third kappa shape index (κ3) is 5.39. The van der Waals surface area contributed by atoms with Gasteiger partial charge in [-0.25, -0.2) is 0 Å². The predicted molar refractivity (Wildman–Crippen MR) is 67.3 cm³/mol. The highest BCUT2D eigenvalue weighted by atomic mass is 16.1. The molecule has 1 saturated carbocycles. The molecular weight excluding hydrogens is 183 g/mol. The lowest BCUT2D eigenvalue weighted by Crippen LogP contribution is -2.24. The third-order valence-electron chi connectivity index (χ3n) is 3.49.